The van der Waals surface area contributed by atoms with E-state index in [1.165, 1.54) is 19.2 Å². The lowest BCUT2D eigenvalue weighted by molar-refractivity contribution is -0.139. The maximum absolute atomic E-state index is 12.7. The van der Waals surface area contributed by atoms with E-state index in [4.69, 9.17) is 5.26 Å². The number of nitrogens with zero attached hydrogens (tertiary/aromatic N) is 1. The minimum absolute atomic E-state index is 0.0515. The lowest BCUT2D eigenvalue weighted by atomic mass is 10.1. The first-order chi connectivity index (χ1) is 9.29. The highest BCUT2D eigenvalue weighted by molar-refractivity contribution is 9.10. The van der Waals surface area contributed by atoms with Crippen molar-refractivity contribution < 1.29 is 22.7 Å². The maximum atomic E-state index is 12.7. The summed E-state index contributed by atoms with van der Waals surface area (Å²) >= 11 is 3.04. The molecular formula is C12H10BrF3N2O2. The van der Waals surface area contributed by atoms with Gasteiger partial charge in [-0.25, -0.2) is 0 Å². The van der Waals surface area contributed by atoms with E-state index in [9.17, 15) is 18.0 Å². The average Bonchev–Trinajstić information content (AvgIpc) is 2.42. The molecule has 0 saturated heterocycles. The number of ether oxygens (including phenoxy) is 1. The van der Waals surface area contributed by atoms with Crippen LogP contribution in [0.15, 0.2) is 18.2 Å². The fourth-order valence-electron chi connectivity index (χ4n) is 1.40. The van der Waals surface area contributed by atoms with Gasteiger partial charge in [0.1, 0.15) is 4.83 Å². The second-order valence-electron chi connectivity index (χ2n) is 3.74. The second-order valence-corrected chi connectivity index (χ2v) is 4.85. The number of nitrogens with one attached hydrogen (secondary N) is 1. The van der Waals surface area contributed by atoms with Gasteiger partial charge >= 0.3 is 12.1 Å². The van der Waals surface area contributed by atoms with Crippen molar-refractivity contribution in [1.29, 1.82) is 5.26 Å². The fraction of sp³-hybridized carbons (Fsp3) is 0.333. The van der Waals surface area contributed by atoms with Crippen LogP contribution in [0.5, 0.6) is 0 Å². The zero-order valence-electron chi connectivity index (χ0n) is 10.3. The van der Waals surface area contributed by atoms with E-state index in [0.717, 1.165) is 12.1 Å². The van der Waals surface area contributed by atoms with Crippen molar-refractivity contribution in [2.45, 2.75) is 11.0 Å². The molecule has 8 heteroatoms. The van der Waals surface area contributed by atoms with Gasteiger partial charge in [-0.1, -0.05) is 15.9 Å². The predicted molar refractivity (Wildman–Crippen MR) is 69.4 cm³/mol. The highest BCUT2D eigenvalue weighted by Gasteiger charge is 2.33. The first kappa shape index (κ1) is 16.3. The number of esters is 1. The molecule has 1 atom stereocenters. The summed E-state index contributed by atoms with van der Waals surface area (Å²) in [6, 6.07) is 4.73. The summed E-state index contributed by atoms with van der Waals surface area (Å²) in [4.78, 5) is 10.4. The highest BCUT2D eigenvalue weighted by Crippen LogP contribution is 2.33. The SMILES string of the molecule is COC(=O)C(Br)CNc1ccc(C#N)c(C(F)(F)F)c1. The molecule has 4 nitrogen and oxygen atoms in total. The van der Waals surface area contributed by atoms with Crippen molar-refractivity contribution in [3.8, 4) is 6.07 Å². The third-order valence-corrected chi connectivity index (χ3v) is 3.09. The monoisotopic (exact) mass is 350 g/mol. The molecule has 0 heterocycles. The van der Waals surface area contributed by atoms with E-state index in [1.807, 2.05) is 0 Å². The van der Waals surface area contributed by atoms with Gasteiger partial charge < -0.3 is 10.1 Å². The summed E-state index contributed by atoms with van der Waals surface area (Å²) in [6.07, 6.45) is -4.61. The lowest BCUT2D eigenvalue weighted by Crippen LogP contribution is -2.24. The normalized spacial score (nSPS) is 12.4. The molecule has 0 aromatic heterocycles. The van der Waals surface area contributed by atoms with E-state index in [0.29, 0.717) is 0 Å². The fourth-order valence-corrected chi connectivity index (χ4v) is 1.75. The molecule has 0 aliphatic rings. The Hall–Kier alpha value is -1.75. The molecule has 1 N–H and O–H groups in total. The quantitative estimate of drug-likeness (QED) is 0.669. The number of carbonyl (C=O) groups excluding carboxylic acids is 1. The minimum atomic E-state index is -4.61. The Balaban J connectivity index is 2.89. The Morgan fingerprint density at radius 1 is 1.55 bits per heavy atom. The van der Waals surface area contributed by atoms with Crippen molar-refractivity contribution in [1.82, 2.24) is 0 Å². The van der Waals surface area contributed by atoms with Gasteiger partial charge in [0, 0.05) is 12.2 Å². The van der Waals surface area contributed by atoms with Gasteiger partial charge in [-0.05, 0) is 18.2 Å². The van der Waals surface area contributed by atoms with Crippen molar-refractivity contribution in [3.63, 3.8) is 0 Å². The van der Waals surface area contributed by atoms with Gasteiger partial charge in [0.05, 0.1) is 24.3 Å². The van der Waals surface area contributed by atoms with Crippen LogP contribution in [0.2, 0.25) is 0 Å². The van der Waals surface area contributed by atoms with E-state index >= 15 is 0 Å². The van der Waals surface area contributed by atoms with E-state index in [1.54, 1.807) is 0 Å². The summed E-state index contributed by atoms with van der Waals surface area (Å²) in [5, 5.41) is 11.3. The van der Waals surface area contributed by atoms with Gasteiger partial charge in [-0.15, -0.1) is 0 Å². The number of nitriles is 1. The summed E-state index contributed by atoms with van der Waals surface area (Å²) < 4.78 is 42.7. The number of methoxy groups -OCH3 is 1. The van der Waals surface area contributed by atoms with Crippen LogP contribution < -0.4 is 5.32 Å². The van der Waals surface area contributed by atoms with Gasteiger partial charge in [0.15, 0.2) is 0 Å². The van der Waals surface area contributed by atoms with Gasteiger partial charge in [-0.2, -0.15) is 18.4 Å². The maximum Gasteiger partial charge on any atom is 0.417 e. The van der Waals surface area contributed by atoms with Gasteiger partial charge in [0.2, 0.25) is 0 Å². The predicted octanol–water partition coefficient (Wildman–Crippen LogP) is 2.93. The van der Waals surface area contributed by atoms with Crippen molar-refractivity contribution in [2.75, 3.05) is 19.0 Å². The molecule has 0 bridgehead atoms. The molecule has 1 aromatic rings. The largest absolute Gasteiger partial charge is 0.468 e. The molecule has 1 rings (SSSR count). The molecule has 20 heavy (non-hydrogen) atoms. The molecule has 1 unspecified atom stereocenters. The van der Waals surface area contributed by atoms with Crippen LogP contribution in [0.3, 0.4) is 0 Å². The number of rotatable bonds is 4. The molecule has 0 amide bonds. The Morgan fingerprint density at radius 2 is 2.20 bits per heavy atom. The summed E-state index contributed by atoms with van der Waals surface area (Å²) in [5.74, 6) is -0.540. The smallest absolute Gasteiger partial charge is 0.417 e. The van der Waals surface area contributed by atoms with Crippen LogP contribution in [0.25, 0.3) is 0 Å². The molecule has 0 aliphatic heterocycles. The zero-order chi connectivity index (χ0) is 15.3. The van der Waals surface area contributed by atoms with Gasteiger partial charge in [0.25, 0.3) is 0 Å². The summed E-state index contributed by atoms with van der Waals surface area (Å²) in [5.41, 5.74) is -1.31. The Morgan fingerprint density at radius 3 is 2.70 bits per heavy atom. The molecule has 0 radical (unpaired) electrons. The topological polar surface area (TPSA) is 62.1 Å². The molecule has 0 fully saturated rings. The van der Waals surface area contributed by atoms with E-state index in [2.05, 4.69) is 26.0 Å². The Kier molecular flexibility index (Phi) is 5.39. The Bertz CT molecular complexity index is 540. The average molecular weight is 351 g/mol. The van der Waals surface area contributed by atoms with Crippen LogP contribution >= 0.6 is 15.9 Å². The van der Waals surface area contributed by atoms with Crippen molar-refractivity contribution in [2.24, 2.45) is 0 Å². The molecule has 0 aliphatic carbocycles. The van der Waals surface area contributed by atoms with Crippen LogP contribution in [-0.4, -0.2) is 24.5 Å². The second kappa shape index (κ2) is 6.61. The number of carbonyl (C=O) groups is 1. The van der Waals surface area contributed by atoms with Crippen molar-refractivity contribution in [3.05, 3.63) is 29.3 Å². The summed E-state index contributed by atoms with van der Waals surface area (Å²) in [6.45, 7) is 0.0515. The number of hydrogen-bond acceptors (Lipinski definition) is 4. The number of halogens is 4. The zero-order valence-corrected chi connectivity index (χ0v) is 11.9. The molecule has 1 aromatic carbocycles. The highest BCUT2D eigenvalue weighted by atomic mass is 79.9. The lowest BCUT2D eigenvalue weighted by Gasteiger charge is -2.13. The van der Waals surface area contributed by atoms with E-state index < -0.39 is 28.1 Å². The molecular weight excluding hydrogens is 341 g/mol. The standard InChI is InChI=1S/C12H10BrF3N2O2/c1-20-11(19)10(13)6-18-8-3-2-7(5-17)9(4-8)12(14,15)16/h2-4,10,18H,6H2,1H3. The van der Waals surface area contributed by atoms with Crippen LogP contribution in [0, 0.1) is 11.3 Å². The van der Waals surface area contributed by atoms with E-state index in [-0.39, 0.29) is 12.2 Å². The van der Waals surface area contributed by atoms with Crippen LogP contribution in [0.4, 0.5) is 18.9 Å². The van der Waals surface area contributed by atoms with Crippen molar-refractivity contribution >= 4 is 27.6 Å². The van der Waals surface area contributed by atoms with Crippen LogP contribution in [0.1, 0.15) is 11.1 Å². The van der Waals surface area contributed by atoms with Crippen LogP contribution in [-0.2, 0) is 15.7 Å². The minimum Gasteiger partial charge on any atom is -0.468 e. The molecule has 0 saturated carbocycles. The molecule has 0 spiro atoms. The number of alkyl halides is 4. The Labute approximate surface area is 121 Å². The molecule has 108 valence electrons. The van der Waals surface area contributed by atoms with Gasteiger partial charge in [-0.3, -0.25) is 4.79 Å². The third kappa shape index (κ3) is 4.13. The first-order valence-electron chi connectivity index (χ1n) is 5.36. The first-order valence-corrected chi connectivity index (χ1v) is 6.28. The number of hydrogen-bond donors (Lipinski definition) is 1. The number of benzene rings is 1. The third-order valence-electron chi connectivity index (χ3n) is 2.39. The summed E-state index contributed by atoms with van der Waals surface area (Å²) in [7, 11) is 1.21. The number of anilines is 1.